The van der Waals surface area contributed by atoms with Crippen LogP contribution in [0.1, 0.15) is 21.5 Å². The minimum Gasteiger partial charge on any atom is -0.406 e. The molecule has 0 radical (unpaired) electrons. The number of hydrogen-bond acceptors (Lipinski definition) is 3. The molecule has 0 atom stereocenters. The fourth-order valence-corrected chi connectivity index (χ4v) is 2.16. The van der Waals surface area contributed by atoms with Gasteiger partial charge in [0.25, 0.3) is 5.91 Å². The van der Waals surface area contributed by atoms with Crippen molar-refractivity contribution in [2.75, 3.05) is 6.54 Å². The van der Waals surface area contributed by atoms with Gasteiger partial charge in [0.2, 0.25) is 5.91 Å². The Balaban J connectivity index is 1.78. The molecule has 0 aromatic heterocycles. The number of benzene rings is 2. The number of nitrogens with one attached hydrogen (secondary N) is 2. The van der Waals surface area contributed by atoms with Crippen molar-refractivity contribution in [2.45, 2.75) is 19.8 Å². The zero-order valence-corrected chi connectivity index (χ0v) is 13.9. The van der Waals surface area contributed by atoms with Crippen LogP contribution >= 0.6 is 0 Å². The van der Waals surface area contributed by atoms with Crippen molar-refractivity contribution < 1.29 is 27.5 Å². The third-order valence-corrected chi connectivity index (χ3v) is 3.45. The Labute approximate surface area is 148 Å². The molecule has 0 saturated carbocycles. The number of ether oxygens (including phenoxy) is 1. The second-order valence-corrected chi connectivity index (χ2v) is 5.47. The SMILES string of the molecule is Cc1ccccc1C(=O)NCC(=O)NCc1ccc(OC(F)(F)F)cc1. The Morgan fingerprint density at radius 1 is 1.00 bits per heavy atom. The largest absolute Gasteiger partial charge is 0.573 e. The van der Waals surface area contributed by atoms with E-state index in [9.17, 15) is 22.8 Å². The molecule has 2 aromatic carbocycles. The van der Waals surface area contributed by atoms with E-state index >= 15 is 0 Å². The first-order chi connectivity index (χ1) is 12.2. The molecular formula is C18H17F3N2O3. The molecule has 0 saturated heterocycles. The van der Waals surface area contributed by atoms with Crippen LogP contribution in [-0.2, 0) is 11.3 Å². The van der Waals surface area contributed by atoms with Crippen LogP contribution < -0.4 is 15.4 Å². The zero-order valence-electron chi connectivity index (χ0n) is 13.9. The number of carbonyl (C=O) groups is 2. The van der Waals surface area contributed by atoms with E-state index in [1.165, 1.54) is 12.1 Å². The number of rotatable bonds is 6. The molecule has 26 heavy (non-hydrogen) atoms. The smallest absolute Gasteiger partial charge is 0.406 e. The summed E-state index contributed by atoms with van der Waals surface area (Å²) in [6.07, 6.45) is -4.74. The monoisotopic (exact) mass is 366 g/mol. The van der Waals surface area contributed by atoms with Gasteiger partial charge in [0.15, 0.2) is 0 Å². The van der Waals surface area contributed by atoms with E-state index in [-0.39, 0.29) is 24.7 Å². The summed E-state index contributed by atoms with van der Waals surface area (Å²) in [4.78, 5) is 23.8. The maximum absolute atomic E-state index is 12.1. The van der Waals surface area contributed by atoms with E-state index in [2.05, 4.69) is 15.4 Å². The van der Waals surface area contributed by atoms with Crippen LogP contribution in [0.15, 0.2) is 48.5 Å². The van der Waals surface area contributed by atoms with Crippen molar-refractivity contribution in [2.24, 2.45) is 0 Å². The molecule has 2 rings (SSSR count). The molecule has 0 bridgehead atoms. The highest BCUT2D eigenvalue weighted by Crippen LogP contribution is 2.22. The molecule has 5 nitrogen and oxygen atoms in total. The molecular weight excluding hydrogens is 349 g/mol. The van der Waals surface area contributed by atoms with E-state index < -0.39 is 12.3 Å². The second kappa shape index (κ2) is 8.37. The van der Waals surface area contributed by atoms with Crippen LogP contribution in [0.2, 0.25) is 0 Å². The molecule has 0 heterocycles. The van der Waals surface area contributed by atoms with Gasteiger partial charge in [-0.1, -0.05) is 30.3 Å². The first kappa shape index (κ1) is 19.3. The van der Waals surface area contributed by atoms with Gasteiger partial charge in [-0.2, -0.15) is 0 Å². The zero-order chi connectivity index (χ0) is 19.2. The van der Waals surface area contributed by atoms with E-state index in [1.807, 2.05) is 6.07 Å². The number of amides is 2. The normalized spacial score (nSPS) is 10.9. The number of aryl methyl sites for hydroxylation is 1. The molecule has 2 aromatic rings. The average Bonchev–Trinajstić information content (AvgIpc) is 2.58. The Morgan fingerprint density at radius 3 is 2.27 bits per heavy atom. The predicted octanol–water partition coefficient (Wildman–Crippen LogP) is 2.94. The predicted molar refractivity (Wildman–Crippen MR) is 88.5 cm³/mol. The summed E-state index contributed by atoms with van der Waals surface area (Å²) in [5, 5.41) is 5.09. The molecule has 0 fully saturated rings. The number of alkyl halides is 3. The van der Waals surface area contributed by atoms with Gasteiger partial charge in [-0.15, -0.1) is 13.2 Å². The van der Waals surface area contributed by atoms with E-state index in [0.717, 1.165) is 17.7 Å². The van der Waals surface area contributed by atoms with E-state index in [4.69, 9.17) is 0 Å². The Morgan fingerprint density at radius 2 is 1.65 bits per heavy atom. The van der Waals surface area contributed by atoms with E-state index in [0.29, 0.717) is 11.1 Å². The lowest BCUT2D eigenvalue weighted by molar-refractivity contribution is -0.274. The summed E-state index contributed by atoms with van der Waals surface area (Å²) in [7, 11) is 0. The van der Waals surface area contributed by atoms with Crippen molar-refractivity contribution in [3.05, 3.63) is 65.2 Å². The molecule has 0 unspecified atom stereocenters. The minimum atomic E-state index is -4.74. The molecule has 0 spiro atoms. The number of carbonyl (C=O) groups excluding carboxylic acids is 2. The average molecular weight is 366 g/mol. The fraction of sp³-hybridized carbons (Fsp3) is 0.222. The lowest BCUT2D eigenvalue weighted by Crippen LogP contribution is -2.36. The lowest BCUT2D eigenvalue weighted by atomic mass is 10.1. The fourth-order valence-electron chi connectivity index (χ4n) is 2.16. The van der Waals surface area contributed by atoms with E-state index in [1.54, 1.807) is 25.1 Å². The van der Waals surface area contributed by atoms with Gasteiger partial charge in [0.1, 0.15) is 5.75 Å². The van der Waals surface area contributed by atoms with Gasteiger partial charge in [-0.3, -0.25) is 9.59 Å². The van der Waals surface area contributed by atoms with Crippen molar-refractivity contribution in [3.8, 4) is 5.75 Å². The second-order valence-electron chi connectivity index (χ2n) is 5.47. The van der Waals surface area contributed by atoms with Gasteiger partial charge in [-0.05, 0) is 36.2 Å². The number of halogens is 3. The highest BCUT2D eigenvalue weighted by molar-refractivity contribution is 5.97. The van der Waals surface area contributed by atoms with Crippen molar-refractivity contribution >= 4 is 11.8 Å². The first-order valence-corrected chi connectivity index (χ1v) is 7.70. The Bertz CT molecular complexity index is 774. The van der Waals surface area contributed by atoms with Crippen molar-refractivity contribution in [1.29, 1.82) is 0 Å². The Hall–Kier alpha value is -3.03. The highest BCUT2D eigenvalue weighted by atomic mass is 19.4. The third-order valence-electron chi connectivity index (χ3n) is 3.45. The first-order valence-electron chi connectivity index (χ1n) is 7.70. The van der Waals surface area contributed by atoms with Crippen LogP contribution in [0.5, 0.6) is 5.75 Å². The lowest BCUT2D eigenvalue weighted by Gasteiger charge is -2.10. The quantitative estimate of drug-likeness (QED) is 0.826. The standard InChI is InChI=1S/C18H17F3N2O3/c1-12-4-2-3-5-15(12)17(25)23-11-16(24)22-10-13-6-8-14(9-7-13)26-18(19,20)21/h2-9H,10-11H2,1H3,(H,22,24)(H,23,25). The summed E-state index contributed by atoms with van der Waals surface area (Å²) >= 11 is 0. The maximum Gasteiger partial charge on any atom is 0.573 e. The molecule has 2 amide bonds. The van der Waals surface area contributed by atoms with Gasteiger partial charge >= 0.3 is 6.36 Å². The van der Waals surface area contributed by atoms with Gasteiger partial charge in [0, 0.05) is 12.1 Å². The minimum absolute atomic E-state index is 0.116. The highest BCUT2D eigenvalue weighted by Gasteiger charge is 2.30. The van der Waals surface area contributed by atoms with Crippen molar-refractivity contribution in [3.63, 3.8) is 0 Å². The molecule has 8 heteroatoms. The van der Waals surface area contributed by atoms with Crippen LogP contribution in [0.25, 0.3) is 0 Å². The molecule has 0 aliphatic heterocycles. The maximum atomic E-state index is 12.1. The summed E-state index contributed by atoms with van der Waals surface area (Å²) in [5.74, 6) is -1.10. The summed E-state index contributed by atoms with van der Waals surface area (Å²) in [6, 6.07) is 12.1. The van der Waals surface area contributed by atoms with Gasteiger partial charge < -0.3 is 15.4 Å². The van der Waals surface area contributed by atoms with Crippen LogP contribution in [0, 0.1) is 6.92 Å². The Kier molecular flexibility index (Phi) is 6.21. The number of hydrogen-bond donors (Lipinski definition) is 2. The van der Waals surface area contributed by atoms with Crippen molar-refractivity contribution in [1.82, 2.24) is 10.6 Å². The van der Waals surface area contributed by atoms with Crippen LogP contribution in [0.4, 0.5) is 13.2 Å². The summed E-state index contributed by atoms with van der Waals surface area (Å²) < 4.78 is 40.0. The molecule has 0 aliphatic carbocycles. The molecule has 2 N–H and O–H groups in total. The summed E-state index contributed by atoms with van der Waals surface area (Å²) in [5.41, 5.74) is 1.88. The third kappa shape index (κ3) is 6.12. The van der Waals surface area contributed by atoms with Gasteiger partial charge in [0.05, 0.1) is 6.54 Å². The molecule has 138 valence electrons. The van der Waals surface area contributed by atoms with Gasteiger partial charge in [-0.25, -0.2) is 0 Å². The summed E-state index contributed by atoms with van der Waals surface area (Å²) in [6.45, 7) is 1.70. The van der Waals surface area contributed by atoms with Crippen LogP contribution in [-0.4, -0.2) is 24.7 Å². The van der Waals surface area contributed by atoms with Crippen LogP contribution in [0.3, 0.4) is 0 Å². The topological polar surface area (TPSA) is 67.4 Å². The molecule has 0 aliphatic rings.